The maximum absolute atomic E-state index is 10.6. The van der Waals surface area contributed by atoms with E-state index in [2.05, 4.69) is 10.6 Å². The van der Waals surface area contributed by atoms with E-state index >= 15 is 0 Å². The van der Waals surface area contributed by atoms with E-state index < -0.39 is 6.23 Å². The Labute approximate surface area is 59.6 Å². The van der Waals surface area contributed by atoms with Gasteiger partial charge in [0.05, 0.1) is 0 Å². The van der Waals surface area contributed by atoms with E-state index in [4.69, 9.17) is 5.11 Å². The molecule has 1 heterocycles. The zero-order chi connectivity index (χ0) is 7.72. The fraction of sp³-hybridized carbons (Fsp3) is 0.833. The third kappa shape index (κ3) is 1.21. The van der Waals surface area contributed by atoms with E-state index in [1.54, 1.807) is 0 Å². The summed E-state index contributed by atoms with van der Waals surface area (Å²) in [5, 5.41) is 14.2. The number of urea groups is 1. The topological polar surface area (TPSA) is 61.4 Å². The summed E-state index contributed by atoms with van der Waals surface area (Å²) in [4.78, 5) is 10.6. The highest BCUT2D eigenvalue weighted by atomic mass is 16.3. The first-order valence-corrected chi connectivity index (χ1v) is 3.36. The molecule has 3 N–H and O–H groups in total. The number of hydrogen-bond donors (Lipinski definition) is 3. The van der Waals surface area contributed by atoms with Crippen LogP contribution in [0.4, 0.5) is 4.79 Å². The smallest absolute Gasteiger partial charge is 0.317 e. The summed E-state index contributed by atoms with van der Waals surface area (Å²) in [5.74, 6) is 0.0673. The van der Waals surface area contributed by atoms with E-state index in [0.29, 0.717) is 0 Å². The molecule has 0 spiro atoms. The Kier molecular flexibility index (Phi) is 1.80. The zero-order valence-electron chi connectivity index (χ0n) is 6.09. The molecule has 1 aliphatic heterocycles. The first-order chi connectivity index (χ1) is 4.61. The standard InChI is InChI=1S/C6H12N2O2/c1-3-4(2)7-6(10)8-5(3)9/h3-5,9H,1-2H3,(H2,7,8,10). The van der Waals surface area contributed by atoms with Gasteiger partial charge < -0.3 is 15.7 Å². The number of carbonyl (C=O) groups is 1. The normalized spacial score (nSPS) is 40.3. The van der Waals surface area contributed by atoms with Gasteiger partial charge in [-0.25, -0.2) is 4.79 Å². The average molecular weight is 144 g/mol. The molecule has 10 heavy (non-hydrogen) atoms. The molecule has 1 aliphatic rings. The molecule has 1 saturated heterocycles. The lowest BCUT2D eigenvalue weighted by atomic mass is 10.0. The number of aliphatic hydroxyl groups excluding tert-OH is 1. The van der Waals surface area contributed by atoms with Crippen LogP contribution in [0.2, 0.25) is 0 Å². The predicted octanol–water partition coefficient (Wildman–Crippen LogP) is -0.358. The van der Waals surface area contributed by atoms with Crippen LogP contribution in [0.15, 0.2) is 0 Å². The van der Waals surface area contributed by atoms with Crippen molar-refractivity contribution in [3.63, 3.8) is 0 Å². The molecule has 0 aromatic heterocycles. The SMILES string of the molecule is CC1NC(=O)NC(O)C1C. The molecule has 0 bridgehead atoms. The van der Waals surface area contributed by atoms with Gasteiger partial charge >= 0.3 is 6.03 Å². The van der Waals surface area contributed by atoms with E-state index in [9.17, 15) is 4.79 Å². The van der Waals surface area contributed by atoms with Gasteiger partial charge in [-0.05, 0) is 6.92 Å². The maximum Gasteiger partial charge on any atom is 0.317 e. The molecular weight excluding hydrogens is 132 g/mol. The van der Waals surface area contributed by atoms with Crippen molar-refractivity contribution in [1.29, 1.82) is 0 Å². The van der Waals surface area contributed by atoms with Crippen molar-refractivity contribution in [3.05, 3.63) is 0 Å². The molecule has 4 heteroatoms. The van der Waals surface area contributed by atoms with Crippen LogP contribution in [-0.4, -0.2) is 23.4 Å². The summed E-state index contributed by atoms with van der Waals surface area (Å²) >= 11 is 0. The molecule has 0 aromatic carbocycles. The van der Waals surface area contributed by atoms with Crippen molar-refractivity contribution in [3.8, 4) is 0 Å². The number of rotatable bonds is 0. The minimum Gasteiger partial charge on any atom is -0.373 e. The minimum atomic E-state index is -0.705. The van der Waals surface area contributed by atoms with E-state index in [0.717, 1.165) is 0 Å². The molecule has 3 unspecified atom stereocenters. The van der Waals surface area contributed by atoms with Crippen LogP contribution in [0.25, 0.3) is 0 Å². The monoisotopic (exact) mass is 144 g/mol. The molecule has 0 saturated carbocycles. The largest absolute Gasteiger partial charge is 0.373 e. The summed E-state index contributed by atoms with van der Waals surface area (Å²) in [6.07, 6.45) is -0.705. The molecule has 1 fully saturated rings. The molecule has 0 radical (unpaired) electrons. The first-order valence-electron chi connectivity index (χ1n) is 3.36. The summed E-state index contributed by atoms with van der Waals surface area (Å²) in [6.45, 7) is 3.74. The second-order valence-electron chi connectivity index (χ2n) is 2.71. The molecule has 0 aromatic rings. The van der Waals surface area contributed by atoms with Crippen molar-refractivity contribution in [1.82, 2.24) is 10.6 Å². The van der Waals surface area contributed by atoms with Crippen LogP contribution < -0.4 is 10.6 Å². The predicted molar refractivity (Wildman–Crippen MR) is 36.3 cm³/mol. The number of nitrogens with one attached hydrogen (secondary N) is 2. The summed E-state index contributed by atoms with van der Waals surface area (Å²) in [6, 6.07) is -0.248. The molecule has 2 amide bonds. The summed E-state index contributed by atoms with van der Waals surface area (Å²) in [5.41, 5.74) is 0. The lowest BCUT2D eigenvalue weighted by Crippen LogP contribution is -2.58. The van der Waals surface area contributed by atoms with Gasteiger partial charge in [-0.15, -0.1) is 0 Å². The van der Waals surface area contributed by atoms with Gasteiger partial charge in [-0.1, -0.05) is 6.92 Å². The minimum absolute atomic E-state index is 0.0451. The molecule has 58 valence electrons. The van der Waals surface area contributed by atoms with Gasteiger partial charge in [-0.2, -0.15) is 0 Å². The third-order valence-corrected chi connectivity index (χ3v) is 1.92. The molecule has 1 rings (SSSR count). The summed E-state index contributed by atoms with van der Waals surface area (Å²) in [7, 11) is 0. The Morgan fingerprint density at radius 3 is 2.50 bits per heavy atom. The van der Waals surface area contributed by atoms with Gasteiger partial charge in [-0.3, -0.25) is 0 Å². The van der Waals surface area contributed by atoms with Gasteiger partial charge in [0.1, 0.15) is 6.23 Å². The van der Waals surface area contributed by atoms with Crippen LogP contribution >= 0.6 is 0 Å². The first kappa shape index (κ1) is 7.34. The number of aliphatic hydroxyl groups is 1. The fourth-order valence-electron chi connectivity index (χ4n) is 0.919. The lowest BCUT2D eigenvalue weighted by molar-refractivity contribution is 0.0585. The van der Waals surface area contributed by atoms with Crippen molar-refractivity contribution in [2.75, 3.05) is 0 Å². The van der Waals surface area contributed by atoms with Gasteiger partial charge in [0.2, 0.25) is 0 Å². The third-order valence-electron chi connectivity index (χ3n) is 1.92. The number of carbonyl (C=O) groups excluding carboxylic acids is 1. The van der Waals surface area contributed by atoms with Crippen molar-refractivity contribution in [2.45, 2.75) is 26.1 Å². The van der Waals surface area contributed by atoms with Crippen molar-refractivity contribution >= 4 is 6.03 Å². The highest BCUT2D eigenvalue weighted by molar-refractivity contribution is 5.75. The maximum atomic E-state index is 10.6. The Morgan fingerprint density at radius 2 is 2.00 bits per heavy atom. The molecule has 3 atom stereocenters. The fourth-order valence-corrected chi connectivity index (χ4v) is 0.919. The highest BCUT2D eigenvalue weighted by Gasteiger charge is 2.28. The zero-order valence-corrected chi connectivity index (χ0v) is 6.09. The molecule has 0 aliphatic carbocycles. The average Bonchev–Trinajstić information content (AvgIpc) is 1.82. The van der Waals surface area contributed by atoms with Crippen LogP contribution in [0.3, 0.4) is 0 Å². The van der Waals surface area contributed by atoms with Crippen molar-refractivity contribution in [2.24, 2.45) is 5.92 Å². The Balaban J connectivity index is 2.57. The van der Waals surface area contributed by atoms with E-state index in [1.807, 2.05) is 13.8 Å². The molecule has 4 nitrogen and oxygen atoms in total. The second kappa shape index (κ2) is 2.46. The Hall–Kier alpha value is -0.770. The second-order valence-corrected chi connectivity index (χ2v) is 2.71. The van der Waals surface area contributed by atoms with Gasteiger partial charge in [0.25, 0.3) is 0 Å². The highest BCUT2D eigenvalue weighted by Crippen LogP contribution is 2.09. The van der Waals surface area contributed by atoms with Crippen LogP contribution in [0, 0.1) is 5.92 Å². The molecular formula is C6H12N2O2. The van der Waals surface area contributed by atoms with Gasteiger partial charge in [0.15, 0.2) is 0 Å². The van der Waals surface area contributed by atoms with Crippen LogP contribution in [-0.2, 0) is 0 Å². The lowest BCUT2D eigenvalue weighted by Gasteiger charge is -2.31. The summed E-state index contributed by atoms with van der Waals surface area (Å²) < 4.78 is 0. The quantitative estimate of drug-likeness (QED) is 0.435. The van der Waals surface area contributed by atoms with Crippen molar-refractivity contribution < 1.29 is 9.90 Å². The van der Waals surface area contributed by atoms with E-state index in [1.165, 1.54) is 0 Å². The van der Waals surface area contributed by atoms with Crippen LogP contribution in [0.1, 0.15) is 13.8 Å². The number of hydrogen-bond acceptors (Lipinski definition) is 2. The van der Waals surface area contributed by atoms with Crippen LogP contribution in [0.5, 0.6) is 0 Å². The number of amides is 2. The van der Waals surface area contributed by atoms with E-state index in [-0.39, 0.29) is 18.0 Å². The Morgan fingerprint density at radius 1 is 1.40 bits per heavy atom. The van der Waals surface area contributed by atoms with Gasteiger partial charge in [0, 0.05) is 12.0 Å². The Bertz CT molecular complexity index is 135.